The van der Waals surface area contributed by atoms with Gasteiger partial charge in [0.15, 0.2) is 0 Å². The molecule has 3 rings (SSSR count). The first-order chi connectivity index (χ1) is 19.0. The third-order valence-corrected chi connectivity index (χ3v) is 8.66. The predicted molar refractivity (Wildman–Crippen MR) is 158 cm³/mol. The Morgan fingerprint density at radius 3 is 2.05 bits per heavy atom. The molecule has 214 valence electrons. The highest BCUT2D eigenvalue weighted by atomic mass is 32.2. The maximum Gasteiger partial charge on any atom is 0.264 e. The van der Waals surface area contributed by atoms with E-state index in [0.717, 1.165) is 27.4 Å². The first-order valence-corrected chi connectivity index (χ1v) is 14.8. The number of hydrogen-bond donors (Lipinski definition) is 1. The van der Waals surface area contributed by atoms with Crippen LogP contribution in [-0.2, 0) is 26.2 Å². The fourth-order valence-electron chi connectivity index (χ4n) is 4.12. The van der Waals surface area contributed by atoms with Gasteiger partial charge in [0.2, 0.25) is 11.8 Å². The molecule has 9 heteroatoms. The number of nitrogens with zero attached hydrogens (tertiary/aromatic N) is 2. The molecule has 0 heterocycles. The van der Waals surface area contributed by atoms with Crippen LogP contribution in [-0.4, -0.2) is 50.9 Å². The van der Waals surface area contributed by atoms with Crippen molar-refractivity contribution in [3.05, 3.63) is 89.5 Å². The van der Waals surface area contributed by atoms with Crippen LogP contribution in [0.1, 0.15) is 43.9 Å². The average Bonchev–Trinajstić information content (AvgIpc) is 2.95. The van der Waals surface area contributed by atoms with Gasteiger partial charge in [0.25, 0.3) is 10.0 Å². The molecule has 0 bridgehead atoms. The van der Waals surface area contributed by atoms with Gasteiger partial charge in [0.1, 0.15) is 18.3 Å². The first kappa shape index (κ1) is 30.7. The molecule has 0 spiro atoms. The lowest BCUT2D eigenvalue weighted by Gasteiger charge is -2.32. The molecule has 3 aromatic rings. The number of carbonyl (C=O) groups is 2. The summed E-state index contributed by atoms with van der Waals surface area (Å²) in [6.45, 7) is 8.97. The van der Waals surface area contributed by atoms with Crippen molar-refractivity contribution in [1.29, 1.82) is 0 Å². The number of benzene rings is 3. The molecule has 0 saturated carbocycles. The summed E-state index contributed by atoms with van der Waals surface area (Å²) in [6, 6.07) is 19.9. The summed E-state index contributed by atoms with van der Waals surface area (Å²) in [5.41, 5.74) is 3.03. The number of amides is 2. The Morgan fingerprint density at radius 1 is 0.900 bits per heavy atom. The van der Waals surface area contributed by atoms with Crippen molar-refractivity contribution in [1.82, 2.24) is 10.2 Å². The Labute approximate surface area is 238 Å². The van der Waals surface area contributed by atoms with Gasteiger partial charge in [-0.15, -0.1) is 0 Å². The molecular formula is C31H39N3O5S. The Kier molecular flexibility index (Phi) is 10.3. The number of hydrogen-bond acceptors (Lipinski definition) is 5. The van der Waals surface area contributed by atoms with Gasteiger partial charge in [-0.05, 0) is 63.9 Å². The second-order valence-electron chi connectivity index (χ2n) is 10.00. The SMILES string of the molecule is CC[C@H](C)NC(=O)[C@@H](C)N(Cc1ccc(C)cc1)C(=O)CN(c1ccccc1OC)S(=O)(=O)c1ccc(C)cc1. The molecule has 2 atom stereocenters. The monoisotopic (exact) mass is 565 g/mol. The van der Waals surface area contributed by atoms with Gasteiger partial charge in [-0.2, -0.15) is 0 Å². The second-order valence-corrected chi connectivity index (χ2v) is 11.9. The molecule has 0 aliphatic rings. The summed E-state index contributed by atoms with van der Waals surface area (Å²) in [7, 11) is -2.73. The average molecular weight is 566 g/mol. The van der Waals surface area contributed by atoms with E-state index in [4.69, 9.17) is 4.74 Å². The van der Waals surface area contributed by atoms with E-state index in [1.807, 2.05) is 52.0 Å². The van der Waals surface area contributed by atoms with Crippen molar-refractivity contribution in [2.24, 2.45) is 0 Å². The van der Waals surface area contributed by atoms with Crippen LogP contribution in [0, 0.1) is 13.8 Å². The number of anilines is 1. The van der Waals surface area contributed by atoms with E-state index in [2.05, 4.69) is 5.32 Å². The zero-order valence-electron chi connectivity index (χ0n) is 24.0. The van der Waals surface area contributed by atoms with Crippen LogP contribution in [0.15, 0.2) is 77.7 Å². The maximum absolute atomic E-state index is 14.0. The molecule has 0 unspecified atom stereocenters. The van der Waals surface area contributed by atoms with Gasteiger partial charge in [-0.3, -0.25) is 13.9 Å². The van der Waals surface area contributed by atoms with Crippen molar-refractivity contribution in [2.45, 2.75) is 64.6 Å². The van der Waals surface area contributed by atoms with E-state index in [1.165, 1.54) is 24.1 Å². The molecule has 40 heavy (non-hydrogen) atoms. The highest BCUT2D eigenvalue weighted by Crippen LogP contribution is 2.32. The Hall–Kier alpha value is -3.85. The summed E-state index contributed by atoms with van der Waals surface area (Å²) < 4.78 is 34.5. The quantitative estimate of drug-likeness (QED) is 0.339. The van der Waals surface area contributed by atoms with Gasteiger partial charge in [-0.1, -0.05) is 66.6 Å². The molecule has 0 fully saturated rings. The molecular weight excluding hydrogens is 526 g/mol. The van der Waals surface area contributed by atoms with Crippen molar-refractivity contribution in [3.63, 3.8) is 0 Å². The number of rotatable bonds is 12. The molecule has 0 saturated heterocycles. The number of ether oxygens (including phenoxy) is 1. The number of sulfonamides is 1. The molecule has 8 nitrogen and oxygen atoms in total. The lowest BCUT2D eigenvalue weighted by Crippen LogP contribution is -2.52. The number of nitrogens with one attached hydrogen (secondary N) is 1. The van der Waals surface area contributed by atoms with Crippen LogP contribution in [0.4, 0.5) is 5.69 Å². The standard InChI is InChI=1S/C31H39N3O5S/c1-7-24(4)32-31(36)25(5)33(20-26-16-12-22(2)13-17-26)30(35)21-34(28-10-8-9-11-29(28)39-6)40(37,38)27-18-14-23(3)15-19-27/h8-19,24-25H,7,20-21H2,1-6H3,(H,32,36)/t24-,25+/m0/s1. The lowest BCUT2D eigenvalue weighted by atomic mass is 10.1. The van der Waals surface area contributed by atoms with E-state index in [-0.39, 0.29) is 29.1 Å². The lowest BCUT2D eigenvalue weighted by molar-refractivity contribution is -0.139. The van der Waals surface area contributed by atoms with E-state index in [0.29, 0.717) is 5.75 Å². The molecule has 1 N–H and O–H groups in total. The zero-order valence-corrected chi connectivity index (χ0v) is 24.9. The Bertz CT molecular complexity index is 1410. The minimum atomic E-state index is -4.17. The van der Waals surface area contributed by atoms with Crippen molar-refractivity contribution in [2.75, 3.05) is 18.0 Å². The van der Waals surface area contributed by atoms with Gasteiger partial charge >= 0.3 is 0 Å². The second kappa shape index (κ2) is 13.5. The van der Waals surface area contributed by atoms with Crippen LogP contribution in [0.25, 0.3) is 0 Å². The third kappa shape index (κ3) is 7.41. The van der Waals surface area contributed by atoms with E-state index >= 15 is 0 Å². The van der Waals surface area contributed by atoms with Crippen LogP contribution >= 0.6 is 0 Å². The fraction of sp³-hybridized carbons (Fsp3) is 0.355. The van der Waals surface area contributed by atoms with Crippen LogP contribution in [0.3, 0.4) is 0 Å². The van der Waals surface area contributed by atoms with Crippen LogP contribution < -0.4 is 14.4 Å². The van der Waals surface area contributed by atoms with E-state index in [1.54, 1.807) is 43.3 Å². The van der Waals surface area contributed by atoms with Gasteiger partial charge < -0.3 is 15.0 Å². The Balaban J connectivity index is 2.06. The first-order valence-electron chi connectivity index (χ1n) is 13.4. The summed E-state index contributed by atoms with van der Waals surface area (Å²) in [6.07, 6.45) is 0.737. The minimum Gasteiger partial charge on any atom is -0.495 e. The fourth-order valence-corrected chi connectivity index (χ4v) is 5.55. The van der Waals surface area contributed by atoms with Crippen molar-refractivity contribution >= 4 is 27.5 Å². The smallest absolute Gasteiger partial charge is 0.264 e. The largest absolute Gasteiger partial charge is 0.495 e. The van der Waals surface area contributed by atoms with Gasteiger partial charge in [-0.25, -0.2) is 8.42 Å². The van der Waals surface area contributed by atoms with Crippen molar-refractivity contribution in [3.8, 4) is 5.75 Å². The molecule has 0 aromatic heterocycles. The van der Waals surface area contributed by atoms with Crippen molar-refractivity contribution < 1.29 is 22.7 Å². The molecule has 0 radical (unpaired) electrons. The molecule has 0 aliphatic heterocycles. The molecule has 0 aliphatic carbocycles. The summed E-state index contributed by atoms with van der Waals surface area (Å²) in [4.78, 5) is 28.7. The van der Waals surface area contributed by atoms with Crippen LogP contribution in [0.2, 0.25) is 0 Å². The normalized spacial score (nSPS) is 12.8. The number of para-hydroxylation sites is 2. The Morgan fingerprint density at radius 2 is 1.48 bits per heavy atom. The number of methoxy groups -OCH3 is 1. The topological polar surface area (TPSA) is 96.0 Å². The van der Waals surface area contributed by atoms with E-state index in [9.17, 15) is 18.0 Å². The summed E-state index contributed by atoms with van der Waals surface area (Å²) in [5, 5.41) is 2.94. The van der Waals surface area contributed by atoms with Crippen LogP contribution in [0.5, 0.6) is 5.75 Å². The van der Waals surface area contributed by atoms with E-state index < -0.39 is 28.5 Å². The maximum atomic E-state index is 14.0. The molecule has 2 amide bonds. The minimum absolute atomic E-state index is 0.0458. The molecule has 3 aromatic carbocycles. The number of carbonyl (C=O) groups excluding carboxylic acids is 2. The van der Waals surface area contributed by atoms with Gasteiger partial charge in [0.05, 0.1) is 17.7 Å². The van der Waals surface area contributed by atoms with Gasteiger partial charge in [0, 0.05) is 12.6 Å². The summed E-state index contributed by atoms with van der Waals surface area (Å²) in [5.74, 6) is -0.521. The highest BCUT2D eigenvalue weighted by molar-refractivity contribution is 7.92. The zero-order chi connectivity index (χ0) is 29.4. The highest BCUT2D eigenvalue weighted by Gasteiger charge is 2.34. The number of aryl methyl sites for hydroxylation is 2. The predicted octanol–water partition coefficient (Wildman–Crippen LogP) is 4.84. The third-order valence-electron chi connectivity index (χ3n) is 6.88. The summed E-state index contributed by atoms with van der Waals surface area (Å²) >= 11 is 0.